The zero-order valence-electron chi connectivity index (χ0n) is 18.0. The molecular formula is C26H27ClN4O. The monoisotopic (exact) mass is 446 g/mol. The van der Waals surface area contributed by atoms with Crippen LogP contribution in [0.25, 0.3) is 12.2 Å². The van der Waals surface area contributed by atoms with Gasteiger partial charge < -0.3 is 14.4 Å². The van der Waals surface area contributed by atoms with Gasteiger partial charge in [0, 0.05) is 61.7 Å². The summed E-state index contributed by atoms with van der Waals surface area (Å²) in [5, 5.41) is 0.733. The Morgan fingerprint density at radius 2 is 1.75 bits per heavy atom. The van der Waals surface area contributed by atoms with Crippen molar-refractivity contribution in [3.8, 4) is 0 Å². The summed E-state index contributed by atoms with van der Waals surface area (Å²) >= 11 is 6.34. The second kappa shape index (κ2) is 9.21. The van der Waals surface area contributed by atoms with E-state index in [0.717, 1.165) is 67.3 Å². The molecule has 6 heteroatoms. The lowest BCUT2D eigenvalue weighted by atomic mass is 10.1. The number of amides is 1. The summed E-state index contributed by atoms with van der Waals surface area (Å²) in [6, 6.07) is 14.7. The summed E-state index contributed by atoms with van der Waals surface area (Å²) in [4.78, 5) is 20.7. The van der Waals surface area contributed by atoms with Crippen LogP contribution in [0.15, 0.2) is 61.2 Å². The van der Waals surface area contributed by atoms with Crippen LogP contribution in [0.1, 0.15) is 29.5 Å². The lowest BCUT2D eigenvalue weighted by Crippen LogP contribution is -2.49. The van der Waals surface area contributed by atoms with E-state index in [1.54, 1.807) is 6.20 Å². The number of piperazine rings is 1. The van der Waals surface area contributed by atoms with Crippen molar-refractivity contribution in [2.24, 2.45) is 5.92 Å². The number of halogens is 1. The highest BCUT2D eigenvalue weighted by Gasteiger charge is 2.34. The zero-order valence-corrected chi connectivity index (χ0v) is 18.8. The largest absolute Gasteiger partial charge is 0.368 e. The second-order valence-electron chi connectivity index (χ2n) is 8.64. The zero-order chi connectivity index (χ0) is 21.9. The molecular weight excluding hydrogens is 420 g/mol. The fourth-order valence-corrected chi connectivity index (χ4v) is 4.48. The quantitative estimate of drug-likeness (QED) is 0.510. The molecule has 0 atom stereocenters. The molecule has 2 aliphatic rings. The minimum Gasteiger partial charge on any atom is -0.368 e. The Kier molecular flexibility index (Phi) is 5.99. The van der Waals surface area contributed by atoms with Crippen LogP contribution in [0.2, 0.25) is 5.02 Å². The van der Waals surface area contributed by atoms with Crippen molar-refractivity contribution in [2.75, 3.05) is 31.1 Å². The molecule has 0 spiro atoms. The summed E-state index contributed by atoms with van der Waals surface area (Å²) in [6.07, 6.45) is 11.9. The number of rotatable bonds is 6. The van der Waals surface area contributed by atoms with Gasteiger partial charge in [-0.05, 0) is 59.9 Å². The number of imidazole rings is 1. The van der Waals surface area contributed by atoms with Gasteiger partial charge in [0.05, 0.1) is 6.33 Å². The van der Waals surface area contributed by atoms with Crippen molar-refractivity contribution in [1.82, 2.24) is 14.5 Å². The number of nitrogens with zero attached hydrogens (tertiary/aromatic N) is 4. The fraction of sp³-hybridized carbons (Fsp3) is 0.308. The minimum atomic E-state index is 0.314. The van der Waals surface area contributed by atoms with Crippen molar-refractivity contribution in [3.63, 3.8) is 0 Å². The number of anilines is 1. The van der Waals surface area contributed by atoms with Gasteiger partial charge in [0.2, 0.25) is 5.91 Å². The Hall–Kier alpha value is -3.05. The second-order valence-corrected chi connectivity index (χ2v) is 9.08. The Morgan fingerprint density at radius 1 is 1.00 bits per heavy atom. The van der Waals surface area contributed by atoms with E-state index in [-0.39, 0.29) is 0 Å². The maximum absolute atomic E-state index is 12.2. The highest BCUT2D eigenvalue weighted by molar-refractivity contribution is 6.30. The van der Waals surface area contributed by atoms with Gasteiger partial charge >= 0.3 is 0 Å². The van der Waals surface area contributed by atoms with Crippen molar-refractivity contribution >= 4 is 35.3 Å². The van der Waals surface area contributed by atoms with Crippen LogP contribution in [0.4, 0.5) is 5.69 Å². The summed E-state index contributed by atoms with van der Waals surface area (Å²) < 4.78 is 2.03. The molecule has 5 rings (SSSR count). The topological polar surface area (TPSA) is 41.4 Å². The van der Waals surface area contributed by atoms with Gasteiger partial charge in [-0.15, -0.1) is 0 Å². The first kappa shape index (κ1) is 20.8. The molecule has 2 heterocycles. The van der Waals surface area contributed by atoms with Gasteiger partial charge in [-0.25, -0.2) is 4.98 Å². The van der Waals surface area contributed by atoms with Gasteiger partial charge in [0.15, 0.2) is 0 Å². The number of benzene rings is 2. The van der Waals surface area contributed by atoms with E-state index in [1.165, 1.54) is 5.69 Å². The van der Waals surface area contributed by atoms with Crippen LogP contribution in [0.5, 0.6) is 0 Å². The minimum absolute atomic E-state index is 0.314. The predicted molar refractivity (Wildman–Crippen MR) is 130 cm³/mol. The average Bonchev–Trinajstić information content (AvgIpc) is 3.54. The lowest BCUT2D eigenvalue weighted by molar-refractivity contribution is -0.132. The van der Waals surface area contributed by atoms with Gasteiger partial charge in [-0.3, -0.25) is 4.79 Å². The maximum atomic E-state index is 12.2. The molecule has 1 saturated carbocycles. The summed E-state index contributed by atoms with van der Waals surface area (Å²) in [6.45, 7) is 4.20. The fourth-order valence-electron chi connectivity index (χ4n) is 4.22. The highest BCUT2D eigenvalue weighted by atomic mass is 35.5. The van der Waals surface area contributed by atoms with Crippen LogP contribution in [-0.4, -0.2) is 46.5 Å². The Labute approximate surface area is 193 Å². The van der Waals surface area contributed by atoms with Crippen LogP contribution in [0.3, 0.4) is 0 Å². The number of carbonyl (C=O) groups is 1. The molecule has 1 amide bonds. The van der Waals surface area contributed by atoms with E-state index in [1.807, 2.05) is 34.1 Å². The Balaban J connectivity index is 1.20. The molecule has 0 N–H and O–H groups in total. The third-order valence-electron chi connectivity index (χ3n) is 6.15. The van der Waals surface area contributed by atoms with E-state index < -0.39 is 0 Å². The third-order valence-corrected chi connectivity index (χ3v) is 6.37. The van der Waals surface area contributed by atoms with Crippen molar-refractivity contribution in [2.45, 2.75) is 19.4 Å². The molecule has 0 unspecified atom stereocenters. The molecule has 1 saturated heterocycles. The lowest BCUT2D eigenvalue weighted by Gasteiger charge is -2.36. The number of aromatic nitrogens is 2. The van der Waals surface area contributed by atoms with Gasteiger partial charge in [-0.1, -0.05) is 35.9 Å². The van der Waals surface area contributed by atoms with Crippen LogP contribution >= 0.6 is 11.6 Å². The summed E-state index contributed by atoms with van der Waals surface area (Å²) in [7, 11) is 0. The Morgan fingerprint density at radius 3 is 2.44 bits per heavy atom. The van der Waals surface area contributed by atoms with Gasteiger partial charge in [0.25, 0.3) is 0 Å². The first-order valence-electron chi connectivity index (χ1n) is 11.2. The number of hydrogen-bond donors (Lipinski definition) is 0. The third kappa shape index (κ3) is 5.05. The molecule has 0 radical (unpaired) electrons. The molecule has 1 aliphatic carbocycles. The molecule has 2 aromatic carbocycles. The van der Waals surface area contributed by atoms with Crippen molar-refractivity contribution in [3.05, 3.63) is 82.9 Å². The smallest absolute Gasteiger partial charge is 0.225 e. The molecule has 3 aromatic rings. The number of carbonyl (C=O) groups excluding carboxylic acids is 1. The van der Waals surface area contributed by atoms with Crippen LogP contribution < -0.4 is 4.90 Å². The normalized spacial score (nSPS) is 16.7. The first-order chi connectivity index (χ1) is 15.6. The van der Waals surface area contributed by atoms with E-state index in [0.29, 0.717) is 11.8 Å². The van der Waals surface area contributed by atoms with Crippen LogP contribution in [-0.2, 0) is 11.3 Å². The molecule has 32 heavy (non-hydrogen) atoms. The van der Waals surface area contributed by atoms with E-state index in [4.69, 9.17) is 11.6 Å². The molecule has 0 bridgehead atoms. The van der Waals surface area contributed by atoms with Gasteiger partial charge in [-0.2, -0.15) is 0 Å². The standard InChI is InChI=1S/C26H27ClN4O/c27-24-16-21(15-22(17-24)18-29-10-9-28-19-29)2-1-20-3-7-25(8-4-20)30-11-13-31(14-12-30)26(32)23-5-6-23/h1-4,7-10,15-17,19,23H,5-6,11-14,18H2/b2-1+. The van der Waals surface area contributed by atoms with E-state index in [2.05, 4.69) is 52.4 Å². The van der Waals surface area contributed by atoms with Crippen molar-refractivity contribution in [1.29, 1.82) is 0 Å². The van der Waals surface area contributed by atoms with Crippen LogP contribution in [0, 0.1) is 5.92 Å². The maximum Gasteiger partial charge on any atom is 0.225 e. The molecule has 2 fully saturated rings. The predicted octanol–water partition coefficient (Wildman–Crippen LogP) is 4.81. The molecule has 164 valence electrons. The first-order valence-corrected chi connectivity index (χ1v) is 11.6. The van der Waals surface area contributed by atoms with Crippen molar-refractivity contribution < 1.29 is 4.79 Å². The molecule has 1 aliphatic heterocycles. The summed E-state index contributed by atoms with van der Waals surface area (Å²) in [5.74, 6) is 0.674. The highest BCUT2D eigenvalue weighted by Crippen LogP contribution is 2.31. The van der Waals surface area contributed by atoms with E-state index >= 15 is 0 Å². The van der Waals surface area contributed by atoms with Gasteiger partial charge in [0.1, 0.15) is 0 Å². The Bertz CT molecular complexity index is 1100. The molecule has 5 nitrogen and oxygen atoms in total. The SMILES string of the molecule is O=C(C1CC1)N1CCN(c2ccc(/C=C/c3cc(Cl)cc(Cn4ccnc4)c3)cc2)CC1. The number of hydrogen-bond acceptors (Lipinski definition) is 3. The summed E-state index contributed by atoms with van der Waals surface area (Å²) in [5.41, 5.74) is 4.58. The average molecular weight is 447 g/mol. The van der Waals surface area contributed by atoms with E-state index in [9.17, 15) is 4.79 Å². The molecule has 1 aromatic heterocycles.